The van der Waals surface area contributed by atoms with E-state index in [4.69, 9.17) is 0 Å². The highest BCUT2D eigenvalue weighted by Gasteiger charge is 2.21. The van der Waals surface area contributed by atoms with Gasteiger partial charge in [0.2, 0.25) is 0 Å². The van der Waals surface area contributed by atoms with Crippen molar-refractivity contribution in [3.63, 3.8) is 0 Å². The van der Waals surface area contributed by atoms with E-state index in [0.29, 0.717) is 16.9 Å². The van der Waals surface area contributed by atoms with Crippen LogP contribution in [0.15, 0.2) is 30.5 Å². The van der Waals surface area contributed by atoms with Crippen molar-refractivity contribution in [2.24, 2.45) is 0 Å². The van der Waals surface area contributed by atoms with Gasteiger partial charge in [-0.3, -0.25) is 10.2 Å². The van der Waals surface area contributed by atoms with Crippen molar-refractivity contribution in [3.8, 4) is 5.69 Å². The fourth-order valence-corrected chi connectivity index (χ4v) is 2.22. The normalized spacial score (nSPS) is 10.5. The van der Waals surface area contributed by atoms with Crippen molar-refractivity contribution < 1.29 is 18.7 Å². The number of nitrogens with one attached hydrogen (secondary N) is 2. The van der Waals surface area contributed by atoms with E-state index in [1.807, 2.05) is 13.8 Å². The number of benzene rings is 1. The molecule has 2 N–H and O–H groups in total. The number of carbonyl (C=O) groups excluding carboxylic acids is 2. The molecule has 1 aromatic heterocycles. The van der Waals surface area contributed by atoms with Gasteiger partial charge in [-0.1, -0.05) is 13.8 Å². The molecule has 1 heterocycles. The molecule has 0 saturated heterocycles. The molecule has 0 aliphatic carbocycles. The minimum atomic E-state index is -0.747. The highest BCUT2D eigenvalue weighted by atomic mass is 19.1. The van der Waals surface area contributed by atoms with Crippen LogP contribution in [0.2, 0.25) is 0 Å². The van der Waals surface area contributed by atoms with E-state index in [-0.39, 0.29) is 18.3 Å². The number of hydrogen-bond donors (Lipinski definition) is 2. The number of halogens is 1. The second-order valence-electron chi connectivity index (χ2n) is 5.29. The van der Waals surface area contributed by atoms with Crippen molar-refractivity contribution in [3.05, 3.63) is 47.5 Å². The third kappa shape index (κ3) is 3.89. The molecule has 0 spiro atoms. The van der Waals surface area contributed by atoms with Crippen LogP contribution in [0.25, 0.3) is 5.69 Å². The zero-order chi connectivity index (χ0) is 17.7. The molecule has 2 amide bonds. The lowest BCUT2D eigenvalue weighted by Gasteiger charge is -2.13. The number of amides is 2. The van der Waals surface area contributed by atoms with Crippen LogP contribution in [-0.2, 0) is 4.74 Å². The highest BCUT2D eigenvalue weighted by molar-refractivity contribution is 5.96. The first kappa shape index (κ1) is 17.5. The predicted molar refractivity (Wildman–Crippen MR) is 85.2 cm³/mol. The van der Waals surface area contributed by atoms with Gasteiger partial charge in [0.05, 0.1) is 29.7 Å². The quantitative estimate of drug-likeness (QED) is 0.842. The SMILES string of the molecule is CCOC(=O)NNC(=O)c1cnn(-c2ccc(F)cc2)c1C(C)C. The van der Waals surface area contributed by atoms with Gasteiger partial charge in [-0.05, 0) is 37.1 Å². The average Bonchev–Trinajstić information content (AvgIpc) is 2.99. The van der Waals surface area contributed by atoms with Crippen molar-refractivity contribution in [2.75, 3.05) is 6.61 Å². The Morgan fingerprint density at radius 2 is 1.92 bits per heavy atom. The molecule has 1 aromatic carbocycles. The third-order valence-corrected chi connectivity index (χ3v) is 3.22. The Labute approximate surface area is 138 Å². The van der Waals surface area contributed by atoms with Gasteiger partial charge in [0.25, 0.3) is 5.91 Å². The fraction of sp³-hybridized carbons (Fsp3) is 0.312. The predicted octanol–water partition coefficient (Wildman–Crippen LogP) is 2.53. The van der Waals surface area contributed by atoms with Crippen molar-refractivity contribution >= 4 is 12.0 Å². The minimum absolute atomic E-state index is 0.0269. The summed E-state index contributed by atoms with van der Waals surface area (Å²) in [5.74, 6) is -0.894. The number of aromatic nitrogens is 2. The molecule has 0 aliphatic heterocycles. The smallest absolute Gasteiger partial charge is 0.426 e. The van der Waals surface area contributed by atoms with Gasteiger partial charge in [0, 0.05) is 0 Å². The molecule has 128 valence electrons. The first-order valence-electron chi connectivity index (χ1n) is 7.51. The summed E-state index contributed by atoms with van der Waals surface area (Å²) in [4.78, 5) is 23.5. The Morgan fingerprint density at radius 1 is 1.25 bits per heavy atom. The standard InChI is InChI=1S/C16H19FN4O3/c1-4-24-16(23)20-19-15(22)13-9-18-21(14(13)10(2)3)12-7-5-11(17)6-8-12/h5-10H,4H2,1-3H3,(H,19,22)(H,20,23). The van der Waals surface area contributed by atoms with E-state index in [1.165, 1.54) is 18.3 Å². The molecule has 0 saturated carbocycles. The maximum absolute atomic E-state index is 13.1. The Hall–Kier alpha value is -2.90. The Bertz CT molecular complexity index is 725. The van der Waals surface area contributed by atoms with Gasteiger partial charge >= 0.3 is 6.09 Å². The number of hydrazine groups is 1. The van der Waals surface area contributed by atoms with Crippen LogP contribution in [-0.4, -0.2) is 28.4 Å². The average molecular weight is 334 g/mol. The van der Waals surface area contributed by atoms with Gasteiger partial charge < -0.3 is 4.74 Å². The van der Waals surface area contributed by atoms with E-state index < -0.39 is 12.0 Å². The third-order valence-electron chi connectivity index (χ3n) is 3.22. The van der Waals surface area contributed by atoms with Gasteiger partial charge in [-0.2, -0.15) is 5.10 Å². The largest absolute Gasteiger partial charge is 0.449 e. The van der Waals surface area contributed by atoms with Crippen molar-refractivity contribution in [1.82, 2.24) is 20.6 Å². The maximum Gasteiger partial charge on any atom is 0.426 e. The van der Waals surface area contributed by atoms with E-state index in [0.717, 1.165) is 0 Å². The second-order valence-corrected chi connectivity index (χ2v) is 5.29. The summed E-state index contributed by atoms with van der Waals surface area (Å²) in [6.07, 6.45) is 0.656. The molecule has 8 heteroatoms. The lowest BCUT2D eigenvalue weighted by molar-refractivity contribution is 0.0911. The second kappa shape index (κ2) is 7.58. The summed E-state index contributed by atoms with van der Waals surface area (Å²) < 4.78 is 19.3. The Balaban J connectivity index is 2.26. The summed E-state index contributed by atoms with van der Waals surface area (Å²) in [6.45, 7) is 5.67. The summed E-state index contributed by atoms with van der Waals surface area (Å²) >= 11 is 0. The zero-order valence-electron chi connectivity index (χ0n) is 13.7. The van der Waals surface area contributed by atoms with Crippen molar-refractivity contribution in [2.45, 2.75) is 26.7 Å². The number of hydrogen-bond acceptors (Lipinski definition) is 4. The molecule has 0 bridgehead atoms. The summed E-state index contributed by atoms with van der Waals surface area (Å²) in [6, 6.07) is 5.80. The number of ether oxygens (including phenoxy) is 1. The van der Waals surface area contributed by atoms with Crippen LogP contribution in [0.5, 0.6) is 0 Å². The van der Waals surface area contributed by atoms with Crippen molar-refractivity contribution in [1.29, 1.82) is 0 Å². The lowest BCUT2D eigenvalue weighted by Crippen LogP contribution is -2.42. The fourth-order valence-electron chi connectivity index (χ4n) is 2.22. The molecule has 0 atom stereocenters. The van der Waals surface area contributed by atoms with Crippen LogP contribution in [0.3, 0.4) is 0 Å². The van der Waals surface area contributed by atoms with Crippen LogP contribution in [0, 0.1) is 5.82 Å². The molecule has 7 nitrogen and oxygen atoms in total. The van der Waals surface area contributed by atoms with Gasteiger partial charge in [-0.15, -0.1) is 0 Å². The van der Waals surface area contributed by atoms with E-state index in [9.17, 15) is 14.0 Å². The Morgan fingerprint density at radius 3 is 2.50 bits per heavy atom. The molecule has 24 heavy (non-hydrogen) atoms. The molecule has 2 rings (SSSR count). The van der Waals surface area contributed by atoms with Gasteiger partial charge in [-0.25, -0.2) is 19.3 Å². The molecule has 2 aromatic rings. The Kier molecular flexibility index (Phi) is 5.51. The van der Waals surface area contributed by atoms with Gasteiger partial charge in [0.1, 0.15) is 5.82 Å². The molecular formula is C16H19FN4O3. The first-order valence-corrected chi connectivity index (χ1v) is 7.51. The topological polar surface area (TPSA) is 85.2 Å². The lowest BCUT2D eigenvalue weighted by atomic mass is 10.1. The molecular weight excluding hydrogens is 315 g/mol. The van der Waals surface area contributed by atoms with Crippen LogP contribution < -0.4 is 10.9 Å². The molecule has 0 fully saturated rings. The zero-order valence-corrected chi connectivity index (χ0v) is 13.7. The summed E-state index contributed by atoms with van der Waals surface area (Å²) in [5.41, 5.74) is 6.02. The number of rotatable bonds is 4. The number of nitrogens with zero attached hydrogens (tertiary/aromatic N) is 2. The van der Waals surface area contributed by atoms with Crippen LogP contribution in [0.4, 0.5) is 9.18 Å². The van der Waals surface area contributed by atoms with Gasteiger partial charge in [0.15, 0.2) is 0 Å². The first-order chi connectivity index (χ1) is 11.4. The number of carbonyl (C=O) groups is 2. The molecule has 0 aliphatic rings. The molecule has 0 radical (unpaired) electrons. The minimum Gasteiger partial charge on any atom is -0.449 e. The van der Waals surface area contributed by atoms with E-state index in [1.54, 1.807) is 23.7 Å². The van der Waals surface area contributed by atoms with Crippen LogP contribution in [0.1, 0.15) is 42.7 Å². The van der Waals surface area contributed by atoms with Crippen LogP contribution >= 0.6 is 0 Å². The summed E-state index contributed by atoms with van der Waals surface area (Å²) in [5, 5.41) is 4.21. The molecule has 0 unspecified atom stereocenters. The maximum atomic E-state index is 13.1. The highest BCUT2D eigenvalue weighted by Crippen LogP contribution is 2.23. The van der Waals surface area contributed by atoms with E-state index in [2.05, 4.69) is 20.7 Å². The monoisotopic (exact) mass is 334 g/mol. The summed E-state index contributed by atoms with van der Waals surface area (Å²) in [7, 11) is 0. The van der Waals surface area contributed by atoms with E-state index >= 15 is 0 Å².